The van der Waals surface area contributed by atoms with Gasteiger partial charge in [-0.15, -0.1) is 0 Å². The maximum absolute atomic E-state index is 13.2. The summed E-state index contributed by atoms with van der Waals surface area (Å²) in [6.45, 7) is 19.9. The van der Waals surface area contributed by atoms with Crippen LogP contribution in [0.15, 0.2) is 18.2 Å². The number of nitrogens with zero attached hydrogens (tertiary/aromatic N) is 1. The fraction of sp³-hybridized carbons (Fsp3) is 0.567. The van der Waals surface area contributed by atoms with Gasteiger partial charge in [0.1, 0.15) is 0 Å². The van der Waals surface area contributed by atoms with E-state index in [0.29, 0.717) is 5.88 Å². The molecule has 0 saturated carbocycles. The van der Waals surface area contributed by atoms with Gasteiger partial charge in [-0.2, -0.15) is 0 Å². The van der Waals surface area contributed by atoms with Crippen molar-refractivity contribution >= 4 is 30.9 Å². The minimum absolute atomic E-state index is 0.0147. The van der Waals surface area contributed by atoms with Gasteiger partial charge in [-0.05, 0) is 0 Å². The van der Waals surface area contributed by atoms with Crippen LogP contribution in [0, 0.1) is 39.5 Å². The normalized spacial score (nSPS) is 13.4. The molecular weight excluding hydrogens is 529 g/mol. The zero-order valence-corrected chi connectivity index (χ0v) is 26.1. The van der Waals surface area contributed by atoms with E-state index >= 15 is 0 Å². The summed E-state index contributed by atoms with van der Waals surface area (Å²) in [5.41, 5.74) is 3.89. The molecule has 2 atom stereocenters. The average Bonchev–Trinajstić information content (AvgIpc) is 2.77. The number of hydrogen-bond donors (Lipinski definition) is 1. The molecule has 0 aliphatic carbocycles. The van der Waals surface area contributed by atoms with Crippen LogP contribution in [-0.2, 0) is 20.7 Å². The predicted molar refractivity (Wildman–Crippen MR) is 151 cm³/mol. The Balaban J connectivity index is 2.68. The van der Waals surface area contributed by atoms with Crippen LogP contribution in [0.1, 0.15) is 75.9 Å². The molecule has 37 heavy (non-hydrogen) atoms. The molecule has 0 aliphatic heterocycles. The second-order valence-corrected chi connectivity index (χ2v) is 16.3. The second-order valence-electron chi connectivity index (χ2n) is 10.8. The molecular formula is C30H44AsNO5. The van der Waals surface area contributed by atoms with Gasteiger partial charge >= 0.3 is 228 Å². The summed E-state index contributed by atoms with van der Waals surface area (Å²) in [5.74, 6) is -2.12. The molecule has 2 rings (SSSR count). The molecule has 1 aromatic carbocycles. The van der Waals surface area contributed by atoms with E-state index in [4.69, 9.17) is 14.5 Å². The molecule has 0 spiro atoms. The zero-order chi connectivity index (χ0) is 28.1. The van der Waals surface area contributed by atoms with Crippen molar-refractivity contribution < 1.29 is 24.2 Å². The quantitative estimate of drug-likeness (QED) is 0.178. The number of esters is 1. The molecule has 1 aromatic heterocycles. The molecule has 6 nitrogen and oxygen atoms in total. The Kier molecular flexibility index (Phi) is 10.8. The molecule has 0 saturated heterocycles. The van der Waals surface area contributed by atoms with Gasteiger partial charge in [0.05, 0.1) is 0 Å². The third kappa shape index (κ3) is 7.83. The number of aromatic nitrogens is 1. The predicted octanol–water partition coefficient (Wildman–Crippen LogP) is 6.46. The molecule has 2 aromatic rings. The topological polar surface area (TPSA) is 85.7 Å². The Bertz CT molecular complexity index is 1100. The fourth-order valence-corrected chi connectivity index (χ4v) is 9.26. The molecule has 1 heterocycles. The van der Waals surface area contributed by atoms with E-state index in [1.54, 1.807) is 0 Å². The van der Waals surface area contributed by atoms with Gasteiger partial charge in [-0.1, -0.05) is 0 Å². The standard InChI is InChI=1S/C30H44AsNO5/c1-11-13-31(12-2)25-16-22(8)32-27(36-26-20(6)14-19(5)15-21(26)7)23(25)17-24(28(33)34)29(35)37-30(9,10)18(3)4/h14-16,18,24H,11-13,17H2,1-10H3,(H,33,34). The van der Waals surface area contributed by atoms with Crippen molar-refractivity contribution in [2.75, 3.05) is 0 Å². The number of carbonyl (C=O) groups excluding carboxylic acids is 1. The third-order valence-corrected chi connectivity index (χ3v) is 12.9. The number of carboxylic acids is 1. The summed E-state index contributed by atoms with van der Waals surface area (Å²) >= 11 is -1.54. The summed E-state index contributed by atoms with van der Waals surface area (Å²) in [6, 6.07) is 6.20. The van der Waals surface area contributed by atoms with Crippen LogP contribution in [0.25, 0.3) is 0 Å². The number of carbonyl (C=O) groups is 2. The van der Waals surface area contributed by atoms with Gasteiger partial charge in [0.25, 0.3) is 0 Å². The summed E-state index contributed by atoms with van der Waals surface area (Å²) in [6.07, 6.45) is 1.03. The molecule has 0 aliphatic rings. The van der Waals surface area contributed by atoms with Gasteiger partial charge < -0.3 is 0 Å². The van der Waals surface area contributed by atoms with Crippen molar-refractivity contribution in [2.45, 2.75) is 98.1 Å². The maximum atomic E-state index is 13.2. The molecule has 0 amide bonds. The summed E-state index contributed by atoms with van der Waals surface area (Å²) < 4.78 is 13.4. The number of rotatable bonds is 12. The van der Waals surface area contributed by atoms with Crippen molar-refractivity contribution in [1.82, 2.24) is 4.98 Å². The van der Waals surface area contributed by atoms with Gasteiger partial charge in [0.15, 0.2) is 0 Å². The number of pyridine rings is 1. The first-order valence-electron chi connectivity index (χ1n) is 13.2. The summed E-state index contributed by atoms with van der Waals surface area (Å²) in [5, 5.41) is 12.3. The van der Waals surface area contributed by atoms with Crippen LogP contribution >= 0.6 is 0 Å². The molecule has 2 unspecified atom stereocenters. The monoisotopic (exact) mass is 573 g/mol. The van der Waals surface area contributed by atoms with E-state index in [0.717, 1.165) is 54.9 Å². The van der Waals surface area contributed by atoms with Crippen molar-refractivity contribution in [3.63, 3.8) is 0 Å². The SMILES string of the molecule is CCC[As](CC)c1cc(C)nc(Oc2c(C)cc(C)cc2C)c1CC(C(=O)O)C(=O)OC(C)(C)C(C)C. The van der Waals surface area contributed by atoms with Crippen LogP contribution < -0.4 is 9.09 Å². The Morgan fingerprint density at radius 2 is 1.65 bits per heavy atom. The van der Waals surface area contributed by atoms with Crippen molar-refractivity contribution in [2.24, 2.45) is 11.8 Å². The third-order valence-electron chi connectivity index (χ3n) is 6.96. The molecule has 204 valence electrons. The Labute approximate surface area is 227 Å². The number of ether oxygens (including phenoxy) is 2. The molecule has 0 fully saturated rings. The van der Waals surface area contributed by atoms with Crippen LogP contribution in [-0.4, -0.2) is 42.3 Å². The van der Waals surface area contributed by atoms with Gasteiger partial charge in [-0.3, -0.25) is 0 Å². The Hall–Kier alpha value is -2.33. The molecule has 1 N–H and O–H groups in total. The first-order valence-corrected chi connectivity index (χ1v) is 16.8. The minimum atomic E-state index is -1.54. The van der Waals surface area contributed by atoms with Gasteiger partial charge in [0.2, 0.25) is 0 Å². The fourth-order valence-electron chi connectivity index (χ4n) is 4.28. The van der Waals surface area contributed by atoms with Crippen LogP contribution in [0.5, 0.6) is 11.6 Å². The van der Waals surface area contributed by atoms with E-state index in [9.17, 15) is 14.7 Å². The molecule has 0 radical (unpaired) electrons. The number of hydrogen-bond acceptors (Lipinski definition) is 5. The average molecular weight is 574 g/mol. The Morgan fingerprint density at radius 3 is 2.14 bits per heavy atom. The number of aliphatic carboxylic acids is 1. The van der Waals surface area contributed by atoms with Crippen LogP contribution in [0.2, 0.25) is 10.4 Å². The van der Waals surface area contributed by atoms with E-state index in [1.165, 1.54) is 0 Å². The van der Waals surface area contributed by atoms with Crippen LogP contribution in [0.4, 0.5) is 0 Å². The zero-order valence-electron chi connectivity index (χ0n) is 24.2. The van der Waals surface area contributed by atoms with Crippen molar-refractivity contribution in [3.05, 3.63) is 46.1 Å². The van der Waals surface area contributed by atoms with Crippen LogP contribution in [0.3, 0.4) is 0 Å². The first-order chi connectivity index (χ1) is 17.2. The summed E-state index contributed by atoms with van der Waals surface area (Å²) in [7, 11) is 0. The van der Waals surface area contributed by atoms with E-state index in [-0.39, 0.29) is 12.3 Å². The van der Waals surface area contributed by atoms with E-state index in [1.807, 2.05) is 55.4 Å². The molecule has 0 bridgehead atoms. The first kappa shape index (κ1) is 30.9. The van der Waals surface area contributed by atoms with Gasteiger partial charge in [0, 0.05) is 0 Å². The van der Waals surface area contributed by atoms with E-state index in [2.05, 4.69) is 32.0 Å². The van der Waals surface area contributed by atoms with Crippen molar-refractivity contribution in [1.29, 1.82) is 0 Å². The van der Waals surface area contributed by atoms with Gasteiger partial charge in [-0.25, -0.2) is 0 Å². The summed E-state index contributed by atoms with van der Waals surface area (Å²) in [4.78, 5) is 30.4. The Morgan fingerprint density at radius 1 is 1.05 bits per heavy atom. The number of aryl methyl sites for hydroxylation is 4. The van der Waals surface area contributed by atoms with E-state index < -0.39 is 38.1 Å². The molecule has 7 heteroatoms. The second kappa shape index (κ2) is 13.0. The number of benzene rings is 1. The number of carboxylic acid groups (broad SMARTS) is 1. The van der Waals surface area contributed by atoms with Crippen molar-refractivity contribution in [3.8, 4) is 11.6 Å².